The molecular formula is C24H29N3O4. The molecule has 0 bridgehead atoms. The standard InChI is InChI=1S/C24H29N3O4/c1-16-11-20(9-10-27(16)23(29)31-24(2,3)4)30-22-12-18(14-26-15-25-13-21(22)26)17-5-7-19(28)8-6-17/h5-8,12-16,20,28H,9-11H2,1-4H3/t16-,20-/m1/s1. The Balaban J connectivity index is 1.52. The van der Waals surface area contributed by atoms with Crippen molar-refractivity contribution in [2.45, 2.75) is 58.3 Å². The van der Waals surface area contributed by atoms with Crippen LogP contribution >= 0.6 is 0 Å². The summed E-state index contributed by atoms with van der Waals surface area (Å²) in [5, 5.41) is 9.58. The summed E-state index contributed by atoms with van der Waals surface area (Å²) in [5.41, 5.74) is 2.34. The van der Waals surface area contributed by atoms with Gasteiger partial charge in [0, 0.05) is 37.2 Å². The fraction of sp³-hybridized carbons (Fsp3) is 0.417. The Morgan fingerprint density at radius 2 is 1.94 bits per heavy atom. The van der Waals surface area contributed by atoms with Crippen molar-refractivity contribution in [3.8, 4) is 22.6 Å². The van der Waals surface area contributed by atoms with Crippen LogP contribution in [-0.4, -0.2) is 49.8 Å². The summed E-state index contributed by atoms with van der Waals surface area (Å²) >= 11 is 0. The van der Waals surface area contributed by atoms with Gasteiger partial charge in [-0.1, -0.05) is 12.1 Å². The highest BCUT2D eigenvalue weighted by atomic mass is 16.6. The van der Waals surface area contributed by atoms with E-state index in [0.717, 1.165) is 35.2 Å². The lowest BCUT2D eigenvalue weighted by Gasteiger charge is -2.38. The third-order valence-electron chi connectivity index (χ3n) is 5.43. The van der Waals surface area contributed by atoms with Crippen molar-refractivity contribution < 1.29 is 19.4 Å². The smallest absolute Gasteiger partial charge is 0.410 e. The number of amides is 1. The predicted molar refractivity (Wildman–Crippen MR) is 118 cm³/mol. The summed E-state index contributed by atoms with van der Waals surface area (Å²) in [4.78, 5) is 18.5. The van der Waals surface area contributed by atoms with Crippen molar-refractivity contribution in [3.05, 3.63) is 49.1 Å². The van der Waals surface area contributed by atoms with E-state index in [9.17, 15) is 9.90 Å². The summed E-state index contributed by atoms with van der Waals surface area (Å²) in [6.07, 6.45) is 6.70. The maximum absolute atomic E-state index is 12.5. The maximum atomic E-state index is 12.5. The highest BCUT2D eigenvalue weighted by Crippen LogP contribution is 2.32. The number of benzene rings is 1. The number of piperidine rings is 1. The molecule has 1 amide bonds. The highest BCUT2D eigenvalue weighted by Gasteiger charge is 2.33. The van der Waals surface area contributed by atoms with E-state index in [2.05, 4.69) is 4.98 Å². The van der Waals surface area contributed by atoms with Gasteiger partial charge in [-0.2, -0.15) is 0 Å². The molecule has 7 heteroatoms. The van der Waals surface area contributed by atoms with E-state index in [4.69, 9.17) is 9.47 Å². The summed E-state index contributed by atoms with van der Waals surface area (Å²) in [7, 11) is 0. The van der Waals surface area contributed by atoms with Crippen molar-refractivity contribution in [2.24, 2.45) is 0 Å². The number of hydrogen-bond donors (Lipinski definition) is 1. The van der Waals surface area contributed by atoms with Crippen LogP contribution in [0, 0.1) is 0 Å². The van der Waals surface area contributed by atoms with E-state index in [-0.39, 0.29) is 24.0 Å². The normalized spacial score (nSPS) is 19.4. The molecule has 1 aliphatic heterocycles. The number of fused-ring (bicyclic) bond motifs is 1. The summed E-state index contributed by atoms with van der Waals surface area (Å²) < 4.78 is 13.9. The Bertz CT molecular complexity index is 1070. The van der Waals surface area contributed by atoms with Gasteiger partial charge in [0.15, 0.2) is 0 Å². The van der Waals surface area contributed by atoms with E-state index in [1.165, 1.54) is 0 Å². The summed E-state index contributed by atoms with van der Waals surface area (Å²) in [5.74, 6) is 0.987. The molecule has 1 aromatic carbocycles. The first kappa shape index (κ1) is 21.0. The molecule has 4 rings (SSSR count). The lowest BCUT2D eigenvalue weighted by atomic mass is 10.0. The highest BCUT2D eigenvalue weighted by molar-refractivity contribution is 5.71. The van der Waals surface area contributed by atoms with Gasteiger partial charge < -0.3 is 23.9 Å². The predicted octanol–water partition coefficient (Wildman–Crippen LogP) is 4.87. The molecule has 0 unspecified atom stereocenters. The van der Waals surface area contributed by atoms with Crippen LogP contribution in [0.15, 0.2) is 49.1 Å². The lowest BCUT2D eigenvalue weighted by Crippen LogP contribution is -2.49. The molecule has 164 valence electrons. The van der Waals surface area contributed by atoms with E-state index in [1.807, 2.05) is 56.5 Å². The Hall–Kier alpha value is -3.22. The number of aromatic hydroxyl groups is 1. The second-order valence-electron chi connectivity index (χ2n) is 9.11. The molecule has 1 fully saturated rings. The molecule has 0 radical (unpaired) electrons. The zero-order chi connectivity index (χ0) is 22.2. The summed E-state index contributed by atoms with van der Waals surface area (Å²) in [6, 6.07) is 9.12. The van der Waals surface area contributed by atoms with Crippen LogP contribution < -0.4 is 4.74 Å². The number of imidazole rings is 1. The average Bonchev–Trinajstić information content (AvgIpc) is 3.16. The number of phenols is 1. The Labute approximate surface area is 182 Å². The minimum absolute atomic E-state index is 0.0116. The molecule has 31 heavy (non-hydrogen) atoms. The third kappa shape index (κ3) is 4.76. The molecule has 3 aromatic rings. The average molecular weight is 424 g/mol. The first-order chi connectivity index (χ1) is 14.7. The fourth-order valence-electron chi connectivity index (χ4n) is 3.91. The quantitative estimate of drug-likeness (QED) is 0.650. The number of rotatable bonds is 3. The van der Waals surface area contributed by atoms with Crippen LogP contribution in [0.25, 0.3) is 16.6 Å². The first-order valence-electron chi connectivity index (χ1n) is 10.6. The van der Waals surface area contributed by atoms with Crippen LogP contribution in [0.1, 0.15) is 40.5 Å². The molecule has 1 aliphatic rings. The minimum Gasteiger partial charge on any atom is -0.508 e. The lowest BCUT2D eigenvalue weighted by molar-refractivity contribution is -0.000903. The number of carbonyl (C=O) groups excluding carboxylic acids is 1. The van der Waals surface area contributed by atoms with Crippen LogP contribution in [0.3, 0.4) is 0 Å². The zero-order valence-electron chi connectivity index (χ0n) is 18.4. The Morgan fingerprint density at radius 3 is 2.61 bits per heavy atom. The number of phenolic OH excluding ortho intramolecular Hbond substituents is 1. The zero-order valence-corrected chi connectivity index (χ0v) is 18.4. The number of ether oxygens (including phenoxy) is 2. The number of carbonyl (C=O) groups is 1. The van der Waals surface area contributed by atoms with E-state index in [1.54, 1.807) is 29.6 Å². The Morgan fingerprint density at radius 1 is 1.19 bits per heavy atom. The van der Waals surface area contributed by atoms with Crippen molar-refractivity contribution >= 4 is 11.6 Å². The topological polar surface area (TPSA) is 76.3 Å². The van der Waals surface area contributed by atoms with Gasteiger partial charge in [-0.05, 0) is 51.5 Å². The van der Waals surface area contributed by atoms with Gasteiger partial charge in [0.2, 0.25) is 0 Å². The molecule has 1 N–H and O–H groups in total. The number of likely N-dealkylation sites (tertiary alicyclic amines) is 1. The number of nitrogens with zero attached hydrogens (tertiary/aromatic N) is 3. The molecule has 0 aliphatic carbocycles. The van der Waals surface area contributed by atoms with E-state index in [0.29, 0.717) is 6.54 Å². The van der Waals surface area contributed by atoms with Gasteiger partial charge >= 0.3 is 6.09 Å². The molecule has 0 saturated carbocycles. The van der Waals surface area contributed by atoms with Gasteiger partial charge in [-0.3, -0.25) is 0 Å². The van der Waals surface area contributed by atoms with Crippen LogP contribution in [0.5, 0.6) is 11.5 Å². The first-order valence-corrected chi connectivity index (χ1v) is 10.6. The molecule has 3 heterocycles. The van der Waals surface area contributed by atoms with Gasteiger partial charge in [0.25, 0.3) is 0 Å². The van der Waals surface area contributed by atoms with Crippen LogP contribution in [0.2, 0.25) is 0 Å². The maximum Gasteiger partial charge on any atom is 0.410 e. The molecule has 2 aromatic heterocycles. The van der Waals surface area contributed by atoms with Gasteiger partial charge in [0.1, 0.15) is 28.7 Å². The van der Waals surface area contributed by atoms with Gasteiger partial charge in [-0.25, -0.2) is 9.78 Å². The summed E-state index contributed by atoms with van der Waals surface area (Å²) in [6.45, 7) is 8.25. The molecular weight excluding hydrogens is 394 g/mol. The third-order valence-corrected chi connectivity index (χ3v) is 5.43. The van der Waals surface area contributed by atoms with Crippen molar-refractivity contribution in [3.63, 3.8) is 0 Å². The number of aromatic nitrogens is 2. The molecule has 1 saturated heterocycles. The Kier molecular flexibility index (Phi) is 5.52. The monoisotopic (exact) mass is 423 g/mol. The molecule has 0 spiro atoms. The number of hydrogen-bond acceptors (Lipinski definition) is 5. The van der Waals surface area contributed by atoms with Gasteiger partial charge in [0.05, 0.1) is 12.5 Å². The fourth-order valence-corrected chi connectivity index (χ4v) is 3.91. The van der Waals surface area contributed by atoms with E-state index < -0.39 is 5.60 Å². The molecule has 2 atom stereocenters. The van der Waals surface area contributed by atoms with Gasteiger partial charge in [-0.15, -0.1) is 0 Å². The second kappa shape index (κ2) is 8.13. The largest absolute Gasteiger partial charge is 0.508 e. The SMILES string of the molecule is C[C@@H]1C[C@H](Oc2cc(-c3ccc(O)cc3)cn3cncc23)CCN1C(=O)OC(C)(C)C. The number of pyridine rings is 1. The van der Waals surface area contributed by atoms with Crippen molar-refractivity contribution in [1.29, 1.82) is 0 Å². The van der Waals surface area contributed by atoms with Crippen LogP contribution in [0.4, 0.5) is 4.79 Å². The molecule has 7 nitrogen and oxygen atoms in total. The van der Waals surface area contributed by atoms with E-state index >= 15 is 0 Å². The second-order valence-corrected chi connectivity index (χ2v) is 9.11. The van der Waals surface area contributed by atoms with Crippen LogP contribution in [-0.2, 0) is 4.74 Å². The van der Waals surface area contributed by atoms with Crippen molar-refractivity contribution in [1.82, 2.24) is 14.3 Å². The minimum atomic E-state index is -0.508. The van der Waals surface area contributed by atoms with Crippen molar-refractivity contribution in [2.75, 3.05) is 6.54 Å².